The molecule has 0 fully saturated rings. The Balaban J connectivity index is 2.05. The van der Waals surface area contributed by atoms with Crippen molar-refractivity contribution in [3.05, 3.63) is 59.2 Å². The van der Waals surface area contributed by atoms with Crippen LogP contribution in [0.15, 0.2) is 42.5 Å². The van der Waals surface area contributed by atoms with E-state index in [2.05, 4.69) is 0 Å². The molecule has 18 heavy (non-hydrogen) atoms. The zero-order valence-electron chi connectivity index (χ0n) is 10.3. The van der Waals surface area contributed by atoms with Gasteiger partial charge in [0, 0.05) is 17.7 Å². The Hall–Kier alpha value is -1.93. The maximum absolute atomic E-state index is 12.3. The van der Waals surface area contributed by atoms with E-state index in [9.17, 15) is 4.79 Å². The molecule has 2 aromatic rings. The van der Waals surface area contributed by atoms with E-state index in [1.165, 1.54) is 0 Å². The minimum Gasteiger partial charge on any atom is -0.377 e. The summed E-state index contributed by atoms with van der Waals surface area (Å²) in [5, 5.41) is 0. The van der Waals surface area contributed by atoms with Gasteiger partial charge in [-0.3, -0.25) is 4.79 Å². The lowest BCUT2D eigenvalue weighted by atomic mass is 10.0. The van der Waals surface area contributed by atoms with Crippen LogP contribution in [-0.4, -0.2) is 12.4 Å². The van der Waals surface area contributed by atoms with Crippen LogP contribution in [0.1, 0.15) is 28.4 Å². The normalized spacial score (nSPS) is 12.4. The molecular weight excluding hydrogens is 224 g/mol. The number of fused-ring (bicyclic) bond motifs is 3. The van der Waals surface area contributed by atoms with Gasteiger partial charge >= 0.3 is 0 Å². The molecule has 0 radical (unpaired) electrons. The van der Waals surface area contributed by atoms with Gasteiger partial charge in [0.2, 0.25) is 0 Å². The molecule has 0 N–H and O–H groups in total. The van der Waals surface area contributed by atoms with Crippen LogP contribution < -0.4 is 0 Å². The van der Waals surface area contributed by atoms with Gasteiger partial charge in [0.15, 0.2) is 5.78 Å². The van der Waals surface area contributed by atoms with E-state index in [0.29, 0.717) is 13.2 Å². The van der Waals surface area contributed by atoms with Crippen molar-refractivity contribution in [1.82, 2.24) is 0 Å². The van der Waals surface area contributed by atoms with E-state index in [1.807, 2.05) is 49.4 Å². The van der Waals surface area contributed by atoms with Crippen LogP contribution in [0.4, 0.5) is 0 Å². The first-order valence-electron chi connectivity index (χ1n) is 6.16. The van der Waals surface area contributed by atoms with Crippen LogP contribution in [0.5, 0.6) is 0 Å². The van der Waals surface area contributed by atoms with E-state index in [4.69, 9.17) is 4.74 Å². The standard InChI is InChI=1S/C16H14O2/c1-2-18-10-11-7-8-13-12-5-3-4-6-14(12)16(17)15(13)9-11/h3-9H,2,10H2,1H3. The molecule has 2 aromatic carbocycles. The highest BCUT2D eigenvalue weighted by atomic mass is 16.5. The number of rotatable bonds is 3. The second-order valence-corrected chi connectivity index (χ2v) is 4.39. The monoisotopic (exact) mass is 238 g/mol. The molecule has 0 saturated heterocycles. The van der Waals surface area contributed by atoms with Crippen molar-refractivity contribution < 1.29 is 9.53 Å². The maximum atomic E-state index is 12.3. The van der Waals surface area contributed by atoms with E-state index in [1.54, 1.807) is 0 Å². The number of hydrogen-bond donors (Lipinski definition) is 0. The quantitative estimate of drug-likeness (QED) is 0.698. The van der Waals surface area contributed by atoms with E-state index < -0.39 is 0 Å². The first-order valence-corrected chi connectivity index (χ1v) is 6.16. The van der Waals surface area contributed by atoms with E-state index in [-0.39, 0.29) is 5.78 Å². The lowest BCUT2D eigenvalue weighted by molar-refractivity contribution is 0.104. The largest absolute Gasteiger partial charge is 0.377 e. The summed E-state index contributed by atoms with van der Waals surface area (Å²) < 4.78 is 5.38. The highest BCUT2D eigenvalue weighted by molar-refractivity contribution is 6.21. The van der Waals surface area contributed by atoms with Gasteiger partial charge in [-0.2, -0.15) is 0 Å². The van der Waals surface area contributed by atoms with Crippen molar-refractivity contribution in [2.75, 3.05) is 6.61 Å². The van der Waals surface area contributed by atoms with Crippen LogP contribution in [0.25, 0.3) is 11.1 Å². The summed E-state index contributed by atoms with van der Waals surface area (Å²) in [6.45, 7) is 3.22. The SMILES string of the molecule is CCOCc1ccc2c(c1)C(=O)c1ccccc1-2. The lowest BCUT2D eigenvalue weighted by Gasteiger charge is -2.04. The zero-order chi connectivity index (χ0) is 12.5. The first-order chi connectivity index (χ1) is 8.81. The molecule has 0 amide bonds. The summed E-state index contributed by atoms with van der Waals surface area (Å²) in [4.78, 5) is 12.3. The third-order valence-corrected chi connectivity index (χ3v) is 3.26. The predicted molar refractivity (Wildman–Crippen MR) is 70.6 cm³/mol. The Bertz CT molecular complexity index is 614. The lowest BCUT2D eigenvalue weighted by Crippen LogP contribution is -1.97. The molecular formula is C16H14O2. The Labute approximate surface area is 106 Å². The van der Waals surface area contributed by atoms with Gasteiger partial charge in [0.05, 0.1) is 6.61 Å². The van der Waals surface area contributed by atoms with Crippen molar-refractivity contribution in [1.29, 1.82) is 0 Å². The summed E-state index contributed by atoms with van der Waals surface area (Å²) in [7, 11) is 0. The number of benzene rings is 2. The molecule has 90 valence electrons. The molecule has 0 spiro atoms. The van der Waals surface area contributed by atoms with Crippen LogP contribution in [0, 0.1) is 0 Å². The number of carbonyl (C=O) groups excluding carboxylic acids is 1. The van der Waals surface area contributed by atoms with Crippen LogP contribution in [0.3, 0.4) is 0 Å². The second-order valence-electron chi connectivity index (χ2n) is 4.39. The van der Waals surface area contributed by atoms with Crippen molar-refractivity contribution in [2.45, 2.75) is 13.5 Å². The fraction of sp³-hybridized carbons (Fsp3) is 0.188. The molecule has 0 heterocycles. The van der Waals surface area contributed by atoms with Gasteiger partial charge in [0.25, 0.3) is 0 Å². The summed E-state index contributed by atoms with van der Waals surface area (Å²) in [6, 6.07) is 13.8. The fourth-order valence-electron chi connectivity index (χ4n) is 2.38. The van der Waals surface area contributed by atoms with Gasteiger partial charge in [-0.15, -0.1) is 0 Å². The number of ether oxygens (including phenoxy) is 1. The van der Waals surface area contributed by atoms with Crippen molar-refractivity contribution >= 4 is 5.78 Å². The molecule has 2 nitrogen and oxygen atoms in total. The minimum absolute atomic E-state index is 0.124. The first kappa shape index (κ1) is 11.2. The summed E-state index contributed by atoms with van der Waals surface area (Å²) in [6.07, 6.45) is 0. The number of hydrogen-bond acceptors (Lipinski definition) is 2. The Morgan fingerprint density at radius 3 is 2.44 bits per heavy atom. The third kappa shape index (κ3) is 1.66. The highest BCUT2D eigenvalue weighted by Crippen LogP contribution is 2.36. The van der Waals surface area contributed by atoms with Crippen LogP contribution in [0.2, 0.25) is 0 Å². The summed E-state index contributed by atoms with van der Waals surface area (Å²) in [5.41, 5.74) is 4.74. The van der Waals surface area contributed by atoms with Crippen molar-refractivity contribution in [3.63, 3.8) is 0 Å². The Morgan fingerprint density at radius 2 is 1.67 bits per heavy atom. The van der Waals surface area contributed by atoms with Gasteiger partial charge < -0.3 is 4.74 Å². The highest BCUT2D eigenvalue weighted by Gasteiger charge is 2.25. The predicted octanol–water partition coefficient (Wildman–Crippen LogP) is 3.43. The zero-order valence-corrected chi connectivity index (χ0v) is 10.3. The average molecular weight is 238 g/mol. The molecule has 0 bridgehead atoms. The molecule has 0 saturated carbocycles. The number of ketones is 1. The molecule has 3 rings (SSSR count). The van der Waals surface area contributed by atoms with Crippen LogP contribution >= 0.6 is 0 Å². The summed E-state index contributed by atoms with van der Waals surface area (Å²) >= 11 is 0. The van der Waals surface area contributed by atoms with Gasteiger partial charge in [-0.25, -0.2) is 0 Å². The van der Waals surface area contributed by atoms with Crippen molar-refractivity contribution in [3.8, 4) is 11.1 Å². The fourth-order valence-corrected chi connectivity index (χ4v) is 2.38. The van der Waals surface area contributed by atoms with Gasteiger partial charge in [0.1, 0.15) is 0 Å². The van der Waals surface area contributed by atoms with E-state index in [0.717, 1.165) is 27.8 Å². The topological polar surface area (TPSA) is 26.3 Å². The molecule has 0 atom stereocenters. The molecule has 1 aliphatic carbocycles. The summed E-state index contributed by atoms with van der Waals surface area (Å²) in [5.74, 6) is 0.124. The third-order valence-electron chi connectivity index (χ3n) is 3.26. The minimum atomic E-state index is 0.124. The van der Waals surface area contributed by atoms with E-state index >= 15 is 0 Å². The molecule has 0 aromatic heterocycles. The molecule has 2 heteroatoms. The smallest absolute Gasteiger partial charge is 0.194 e. The average Bonchev–Trinajstić information content (AvgIpc) is 2.71. The molecule has 0 aliphatic heterocycles. The van der Waals surface area contributed by atoms with Gasteiger partial charge in [-0.1, -0.05) is 36.4 Å². The Morgan fingerprint density at radius 1 is 0.944 bits per heavy atom. The second kappa shape index (κ2) is 4.39. The molecule has 1 aliphatic rings. The van der Waals surface area contributed by atoms with Crippen molar-refractivity contribution in [2.24, 2.45) is 0 Å². The van der Waals surface area contributed by atoms with Crippen LogP contribution in [-0.2, 0) is 11.3 Å². The maximum Gasteiger partial charge on any atom is 0.194 e. The number of carbonyl (C=O) groups is 1. The molecule has 0 unspecified atom stereocenters. The van der Waals surface area contributed by atoms with Gasteiger partial charge in [-0.05, 0) is 29.7 Å². The Kier molecular flexibility index (Phi) is 2.73.